The number of anilines is 2. The predicted molar refractivity (Wildman–Crippen MR) is 118 cm³/mol. The Labute approximate surface area is 172 Å². The van der Waals surface area contributed by atoms with Gasteiger partial charge in [-0.15, -0.1) is 0 Å². The van der Waals surface area contributed by atoms with Crippen LogP contribution in [0.4, 0.5) is 15.8 Å². The van der Waals surface area contributed by atoms with Crippen LogP contribution in [0.1, 0.15) is 17.0 Å². The van der Waals surface area contributed by atoms with E-state index in [1.807, 2.05) is 45.3 Å². The molecule has 0 fully saturated rings. The molecule has 0 saturated carbocycles. The minimum Gasteiger partial charge on any atom is -0.467 e. The molecule has 0 bridgehead atoms. The Bertz CT molecular complexity index is 968. The number of nitrogens with zero attached hydrogens (tertiary/aromatic N) is 2. The van der Waals surface area contributed by atoms with E-state index in [1.165, 1.54) is 0 Å². The van der Waals surface area contributed by atoms with E-state index in [-0.39, 0.29) is 5.82 Å². The van der Waals surface area contributed by atoms with Crippen LogP contribution in [0.2, 0.25) is 0 Å². The molecular formula is C21H21FIN3O. The highest BCUT2D eigenvalue weighted by Crippen LogP contribution is 2.34. The van der Waals surface area contributed by atoms with Gasteiger partial charge in [0.05, 0.1) is 24.2 Å². The number of furan rings is 1. The summed E-state index contributed by atoms with van der Waals surface area (Å²) in [7, 11) is 3.67. The maximum Gasteiger partial charge on any atom is 0.156 e. The Balaban J connectivity index is 2.06. The molecule has 27 heavy (non-hydrogen) atoms. The Morgan fingerprint density at radius 3 is 2.74 bits per heavy atom. The molecule has 0 atom stereocenters. The van der Waals surface area contributed by atoms with Gasteiger partial charge < -0.3 is 14.6 Å². The van der Waals surface area contributed by atoms with Crippen LogP contribution in [0, 0.1) is 16.3 Å². The van der Waals surface area contributed by atoms with E-state index in [1.54, 1.807) is 23.3 Å². The molecular weight excluding hydrogens is 456 g/mol. The first-order valence-corrected chi connectivity index (χ1v) is 9.56. The number of nitrogens with one attached hydrogen (secondary N) is 1. The molecule has 0 unspecified atom stereocenters. The lowest BCUT2D eigenvalue weighted by Gasteiger charge is -2.19. The molecule has 0 amide bonds. The topological polar surface area (TPSA) is 41.3 Å². The molecule has 2 heterocycles. The van der Waals surface area contributed by atoms with Crippen molar-refractivity contribution in [3.05, 3.63) is 69.6 Å². The van der Waals surface area contributed by atoms with Gasteiger partial charge in [-0.25, -0.2) is 4.39 Å². The molecule has 6 heteroatoms. The summed E-state index contributed by atoms with van der Waals surface area (Å²) in [5.74, 6) is 0.540. The first-order valence-electron chi connectivity index (χ1n) is 8.48. The van der Waals surface area contributed by atoms with E-state index in [4.69, 9.17) is 4.42 Å². The first kappa shape index (κ1) is 19.4. The Kier molecular flexibility index (Phi) is 5.84. The van der Waals surface area contributed by atoms with Crippen LogP contribution in [-0.4, -0.2) is 19.1 Å². The van der Waals surface area contributed by atoms with Gasteiger partial charge in [-0.1, -0.05) is 12.7 Å². The van der Waals surface area contributed by atoms with Crippen molar-refractivity contribution in [1.82, 2.24) is 4.98 Å². The van der Waals surface area contributed by atoms with Crippen LogP contribution in [0.3, 0.4) is 0 Å². The van der Waals surface area contributed by atoms with Gasteiger partial charge in [0, 0.05) is 40.2 Å². The van der Waals surface area contributed by atoms with Gasteiger partial charge in [-0.2, -0.15) is 0 Å². The largest absolute Gasteiger partial charge is 0.467 e. The highest BCUT2D eigenvalue weighted by molar-refractivity contribution is 14.1. The van der Waals surface area contributed by atoms with E-state index >= 15 is 4.39 Å². The lowest BCUT2D eigenvalue weighted by atomic mass is 10.0. The second kappa shape index (κ2) is 8.12. The molecule has 140 valence electrons. The maximum atomic E-state index is 15.2. The summed E-state index contributed by atoms with van der Waals surface area (Å²) in [6.07, 6.45) is 3.39. The van der Waals surface area contributed by atoms with Crippen molar-refractivity contribution in [3.63, 3.8) is 0 Å². The average molecular weight is 477 g/mol. The number of aromatic nitrogens is 1. The number of pyridine rings is 1. The zero-order valence-corrected chi connectivity index (χ0v) is 17.7. The monoisotopic (exact) mass is 477 g/mol. The summed E-state index contributed by atoms with van der Waals surface area (Å²) < 4.78 is 21.4. The number of rotatable bonds is 6. The minimum atomic E-state index is -0.276. The lowest BCUT2D eigenvalue weighted by Crippen LogP contribution is -2.13. The Morgan fingerprint density at radius 2 is 2.11 bits per heavy atom. The molecule has 0 saturated heterocycles. The zero-order chi connectivity index (χ0) is 19.6. The number of hydrogen-bond acceptors (Lipinski definition) is 4. The van der Waals surface area contributed by atoms with Gasteiger partial charge >= 0.3 is 0 Å². The molecule has 0 spiro atoms. The van der Waals surface area contributed by atoms with Crippen LogP contribution in [0.15, 0.2) is 47.6 Å². The first-order chi connectivity index (χ1) is 12.9. The fourth-order valence-corrected chi connectivity index (χ4v) is 3.87. The van der Waals surface area contributed by atoms with Crippen LogP contribution >= 0.6 is 22.6 Å². The maximum absolute atomic E-state index is 15.2. The van der Waals surface area contributed by atoms with Crippen molar-refractivity contribution in [2.24, 2.45) is 0 Å². The summed E-state index contributed by atoms with van der Waals surface area (Å²) in [5.41, 5.74) is 4.13. The second-order valence-corrected chi connectivity index (χ2v) is 7.51. The molecule has 3 rings (SSSR count). The number of aryl methyl sites for hydroxylation is 1. The van der Waals surface area contributed by atoms with Gasteiger partial charge in [0.25, 0.3) is 0 Å². The lowest BCUT2D eigenvalue weighted by molar-refractivity contribution is 0.518. The molecule has 3 aromatic rings. The number of halogens is 2. The summed E-state index contributed by atoms with van der Waals surface area (Å²) >= 11 is 2.14. The standard InChI is InChI=1S/C21H21FIN3O/c1-5-15-13(2)25-19(11-18(15)24-12-14-7-6-10-27-14)16-8-9-17(23)21(20(16)22)26(3)4/h5-11H,1,12H2,2-4H3,(H,24,25). The summed E-state index contributed by atoms with van der Waals surface area (Å²) in [6.45, 7) is 6.30. The quantitative estimate of drug-likeness (QED) is 0.462. The fourth-order valence-electron chi connectivity index (χ4n) is 2.97. The van der Waals surface area contributed by atoms with Gasteiger partial charge in [-0.05, 0) is 59.8 Å². The molecule has 4 nitrogen and oxygen atoms in total. The SMILES string of the molecule is C=Cc1c(NCc2ccco2)cc(-c2ccc(I)c(N(C)C)c2F)nc1C. The van der Waals surface area contributed by atoms with Crippen LogP contribution in [0.5, 0.6) is 0 Å². The highest BCUT2D eigenvalue weighted by Gasteiger charge is 2.18. The van der Waals surface area contributed by atoms with Crippen molar-refractivity contribution in [2.45, 2.75) is 13.5 Å². The van der Waals surface area contributed by atoms with Gasteiger partial charge in [0.2, 0.25) is 0 Å². The van der Waals surface area contributed by atoms with Crippen molar-refractivity contribution < 1.29 is 8.81 Å². The smallest absolute Gasteiger partial charge is 0.156 e. The minimum absolute atomic E-state index is 0.276. The highest BCUT2D eigenvalue weighted by atomic mass is 127. The Morgan fingerprint density at radius 1 is 1.33 bits per heavy atom. The third kappa shape index (κ3) is 4.00. The van der Waals surface area contributed by atoms with E-state index in [2.05, 4.69) is 39.5 Å². The molecule has 0 aliphatic rings. The summed E-state index contributed by atoms with van der Waals surface area (Å²) in [6, 6.07) is 9.28. The normalized spacial score (nSPS) is 10.7. The van der Waals surface area contributed by atoms with E-state index in [9.17, 15) is 0 Å². The summed E-state index contributed by atoms with van der Waals surface area (Å²) in [4.78, 5) is 6.39. The molecule has 1 aromatic carbocycles. The average Bonchev–Trinajstić information content (AvgIpc) is 3.13. The molecule has 1 N–H and O–H groups in total. The van der Waals surface area contributed by atoms with Crippen molar-refractivity contribution in [3.8, 4) is 11.3 Å². The van der Waals surface area contributed by atoms with E-state index in [0.717, 1.165) is 26.3 Å². The van der Waals surface area contributed by atoms with Crippen molar-refractivity contribution in [2.75, 3.05) is 24.3 Å². The molecule has 0 aliphatic carbocycles. The number of benzene rings is 1. The second-order valence-electron chi connectivity index (χ2n) is 6.34. The molecule has 2 aromatic heterocycles. The van der Waals surface area contributed by atoms with E-state index < -0.39 is 0 Å². The van der Waals surface area contributed by atoms with Crippen molar-refractivity contribution >= 4 is 40.0 Å². The Hall–Kier alpha value is -2.35. The van der Waals surface area contributed by atoms with Crippen LogP contribution in [-0.2, 0) is 6.54 Å². The van der Waals surface area contributed by atoms with Crippen LogP contribution in [0.25, 0.3) is 17.3 Å². The number of hydrogen-bond donors (Lipinski definition) is 1. The van der Waals surface area contributed by atoms with Crippen molar-refractivity contribution in [1.29, 1.82) is 0 Å². The van der Waals surface area contributed by atoms with Gasteiger partial charge in [-0.3, -0.25) is 4.98 Å². The molecule has 0 aliphatic heterocycles. The fraction of sp³-hybridized carbons (Fsp3) is 0.190. The third-order valence-corrected chi connectivity index (χ3v) is 5.15. The molecule has 0 radical (unpaired) electrons. The van der Waals surface area contributed by atoms with Crippen LogP contribution < -0.4 is 10.2 Å². The van der Waals surface area contributed by atoms with E-state index in [0.29, 0.717) is 23.5 Å². The predicted octanol–water partition coefficient (Wildman–Crippen LogP) is 5.71. The van der Waals surface area contributed by atoms with Gasteiger partial charge in [0.15, 0.2) is 5.82 Å². The third-order valence-electron chi connectivity index (χ3n) is 4.28. The zero-order valence-electron chi connectivity index (χ0n) is 15.5. The van der Waals surface area contributed by atoms with Gasteiger partial charge in [0.1, 0.15) is 5.76 Å². The summed E-state index contributed by atoms with van der Waals surface area (Å²) in [5, 5.41) is 3.35.